The van der Waals surface area contributed by atoms with E-state index in [2.05, 4.69) is 15.0 Å². The third-order valence-corrected chi connectivity index (χ3v) is 6.36. The number of nitrogens with zero attached hydrogens (tertiary/aromatic N) is 5. The fourth-order valence-corrected chi connectivity index (χ4v) is 4.64. The van der Waals surface area contributed by atoms with Gasteiger partial charge in [-0.05, 0) is 18.4 Å². The second-order valence-corrected chi connectivity index (χ2v) is 8.30. The van der Waals surface area contributed by atoms with Gasteiger partial charge >= 0.3 is 6.09 Å². The van der Waals surface area contributed by atoms with E-state index in [4.69, 9.17) is 4.74 Å². The normalized spacial score (nSPS) is 17.7. The van der Waals surface area contributed by atoms with Gasteiger partial charge in [0.1, 0.15) is 6.61 Å². The topological polar surface area (TPSA) is 100 Å². The fraction of sp³-hybridized carbons (Fsp3) is 0.368. The summed E-state index contributed by atoms with van der Waals surface area (Å²) in [6.45, 7) is 2.00. The summed E-state index contributed by atoms with van der Waals surface area (Å²) in [5, 5.41) is 14.5. The van der Waals surface area contributed by atoms with Gasteiger partial charge in [0.15, 0.2) is 0 Å². The molecule has 2 fully saturated rings. The Kier molecular flexibility index (Phi) is 4.16. The van der Waals surface area contributed by atoms with Crippen LogP contribution in [-0.4, -0.2) is 55.9 Å². The number of piperazine rings is 1. The Labute approximate surface area is 169 Å². The lowest BCUT2D eigenvalue weighted by Gasteiger charge is -2.41. The molecule has 29 heavy (non-hydrogen) atoms. The Bertz CT molecular complexity index is 1120. The van der Waals surface area contributed by atoms with Crippen molar-refractivity contribution in [2.75, 3.05) is 24.5 Å². The Morgan fingerprint density at radius 2 is 2.03 bits per heavy atom. The van der Waals surface area contributed by atoms with E-state index in [0.717, 1.165) is 24.5 Å². The number of rotatable bonds is 3. The van der Waals surface area contributed by atoms with Crippen LogP contribution in [0.5, 0.6) is 5.88 Å². The average molecular weight is 413 g/mol. The predicted molar refractivity (Wildman–Crippen MR) is 106 cm³/mol. The number of ether oxygens (including phenoxy) is 1. The van der Waals surface area contributed by atoms with E-state index in [1.54, 1.807) is 0 Å². The van der Waals surface area contributed by atoms with Crippen LogP contribution < -0.4 is 10.5 Å². The molecule has 2 aliphatic rings. The van der Waals surface area contributed by atoms with Gasteiger partial charge in [0.25, 0.3) is 5.56 Å². The summed E-state index contributed by atoms with van der Waals surface area (Å²) in [5.41, 5.74) is 0.295. The quantitative estimate of drug-likeness (QED) is 0.699. The van der Waals surface area contributed by atoms with Gasteiger partial charge in [-0.2, -0.15) is 9.50 Å². The highest BCUT2D eigenvalue weighted by Crippen LogP contribution is 2.45. The molecule has 1 aromatic carbocycles. The van der Waals surface area contributed by atoms with E-state index in [0.29, 0.717) is 29.7 Å². The maximum Gasteiger partial charge on any atom is 0.410 e. The van der Waals surface area contributed by atoms with Gasteiger partial charge < -0.3 is 14.7 Å². The van der Waals surface area contributed by atoms with E-state index in [1.165, 1.54) is 15.9 Å². The minimum absolute atomic E-state index is 0.246. The van der Waals surface area contributed by atoms with Crippen molar-refractivity contribution in [3.8, 4) is 5.88 Å². The molecule has 1 saturated heterocycles. The minimum Gasteiger partial charge on any atom is -0.493 e. The van der Waals surface area contributed by atoms with Crippen LogP contribution >= 0.6 is 11.3 Å². The number of carbonyl (C=O) groups is 1. The van der Waals surface area contributed by atoms with Crippen LogP contribution in [0.2, 0.25) is 0 Å². The summed E-state index contributed by atoms with van der Waals surface area (Å²) < 4.78 is 6.73. The zero-order valence-corrected chi connectivity index (χ0v) is 16.3. The number of aromatic hydroxyl groups is 1. The SMILES string of the molecule is O=C(OCc1ccccc1)N1CCN(c2nn3c(=O)cc(O)nc3s2)CC12CC2. The number of aromatic nitrogens is 3. The molecule has 1 aliphatic heterocycles. The van der Waals surface area contributed by atoms with Crippen LogP contribution in [0.1, 0.15) is 18.4 Å². The molecule has 1 saturated carbocycles. The largest absolute Gasteiger partial charge is 0.493 e. The highest BCUT2D eigenvalue weighted by molar-refractivity contribution is 7.20. The van der Waals surface area contributed by atoms with Gasteiger partial charge in [-0.3, -0.25) is 9.69 Å². The molecule has 150 valence electrons. The molecule has 1 amide bonds. The maximum absolute atomic E-state index is 12.7. The number of amides is 1. The third kappa shape index (κ3) is 3.29. The van der Waals surface area contributed by atoms with Crippen molar-refractivity contribution in [1.29, 1.82) is 0 Å². The van der Waals surface area contributed by atoms with Crippen LogP contribution in [0.4, 0.5) is 9.93 Å². The summed E-state index contributed by atoms with van der Waals surface area (Å²) >= 11 is 1.25. The highest BCUT2D eigenvalue weighted by Gasteiger charge is 2.54. The van der Waals surface area contributed by atoms with Crippen LogP contribution in [0, 0.1) is 0 Å². The van der Waals surface area contributed by atoms with Crippen molar-refractivity contribution < 1.29 is 14.6 Å². The fourth-order valence-electron chi connectivity index (χ4n) is 3.71. The van der Waals surface area contributed by atoms with Gasteiger partial charge in [-0.1, -0.05) is 41.7 Å². The first kappa shape index (κ1) is 17.9. The Balaban J connectivity index is 1.30. The summed E-state index contributed by atoms with van der Waals surface area (Å²) in [5.74, 6) is -0.310. The lowest BCUT2D eigenvalue weighted by Crippen LogP contribution is -2.57. The molecule has 3 aromatic rings. The first-order valence-corrected chi connectivity index (χ1v) is 10.2. The highest BCUT2D eigenvalue weighted by atomic mass is 32.1. The Morgan fingerprint density at radius 3 is 2.79 bits per heavy atom. The number of anilines is 1. The van der Waals surface area contributed by atoms with Crippen LogP contribution in [0.25, 0.3) is 4.96 Å². The molecular weight excluding hydrogens is 394 g/mol. The molecule has 0 atom stereocenters. The molecule has 0 radical (unpaired) electrons. The van der Waals surface area contributed by atoms with Crippen LogP contribution in [-0.2, 0) is 11.3 Å². The first-order valence-electron chi connectivity index (χ1n) is 9.37. The summed E-state index contributed by atoms with van der Waals surface area (Å²) in [6, 6.07) is 10.7. The molecule has 1 N–H and O–H groups in total. The molecular formula is C19H19N5O4S. The van der Waals surface area contributed by atoms with E-state index >= 15 is 0 Å². The average Bonchev–Trinajstić information content (AvgIpc) is 3.33. The smallest absolute Gasteiger partial charge is 0.410 e. The van der Waals surface area contributed by atoms with E-state index < -0.39 is 5.56 Å². The zero-order chi connectivity index (χ0) is 20.0. The molecule has 1 spiro atoms. The van der Waals surface area contributed by atoms with Crippen molar-refractivity contribution in [1.82, 2.24) is 19.5 Å². The van der Waals surface area contributed by atoms with Gasteiger partial charge in [-0.15, -0.1) is 5.10 Å². The molecule has 2 aromatic heterocycles. The first-order chi connectivity index (χ1) is 14.0. The van der Waals surface area contributed by atoms with Crippen molar-refractivity contribution in [2.45, 2.75) is 25.0 Å². The standard InChI is InChI=1S/C19H19N5O4S/c25-14-10-15(26)24-16(20-14)29-17(21-24)22-8-9-23(19(12-22)6-7-19)18(27)28-11-13-4-2-1-3-5-13/h1-5,10,25H,6-9,11-12H2. The number of fused-ring (bicyclic) bond motifs is 1. The van der Waals surface area contributed by atoms with Gasteiger partial charge in [0, 0.05) is 19.6 Å². The maximum atomic E-state index is 12.7. The van der Waals surface area contributed by atoms with Crippen molar-refractivity contribution in [3.05, 3.63) is 52.3 Å². The summed E-state index contributed by atoms with van der Waals surface area (Å²) in [6.07, 6.45) is 1.53. The second-order valence-electron chi connectivity index (χ2n) is 7.37. The van der Waals surface area contributed by atoms with Crippen molar-refractivity contribution >= 4 is 27.5 Å². The van der Waals surface area contributed by atoms with E-state index in [9.17, 15) is 14.7 Å². The Hall–Kier alpha value is -3.14. The number of hydrogen-bond acceptors (Lipinski definition) is 8. The van der Waals surface area contributed by atoms with E-state index in [-0.39, 0.29) is 24.1 Å². The second kappa shape index (κ2) is 6.73. The third-order valence-electron chi connectivity index (χ3n) is 5.40. The zero-order valence-electron chi connectivity index (χ0n) is 15.5. The summed E-state index contributed by atoms with van der Waals surface area (Å²) in [4.78, 5) is 32.9. The molecule has 5 rings (SSSR count). The monoisotopic (exact) mass is 413 g/mol. The predicted octanol–water partition coefficient (Wildman–Crippen LogP) is 1.85. The van der Waals surface area contributed by atoms with E-state index in [1.807, 2.05) is 35.2 Å². The number of hydrogen-bond donors (Lipinski definition) is 1. The molecule has 9 nitrogen and oxygen atoms in total. The minimum atomic E-state index is -0.417. The number of benzene rings is 1. The van der Waals surface area contributed by atoms with Crippen LogP contribution in [0.15, 0.2) is 41.2 Å². The van der Waals surface area contributed by atoms with Crippen molar-refractivity contribution in [2.24, 2.45) is 0 Å². The molecule has 3 heterocycles. The Morgan fingerprint density at radius 1 is 1.24 bits per heavy atom. The molecule has 0 bridgehead atoms. The van der Waals surface area contributed by atoms with Gasteiger partial charge in [0.05, 0.1) is 11.6 Å². The molecule has 10 heteroatoms. The lowest BCUT2D eigenvalue weighted by atomic mass is 10.1. The molecule has 0 unspecified atom stereocenters. The molecule has 1 aliphatic carbocycles. The van der Waals surface area contributed by atoms with Crippen LogP contribution in [0.3, 0.4) is 0 Å². The van der Waals surface area contributed by atoms with Gasteiger partial charge in [-0.25, -0.2) is 4.79 Å². The lowest BCUT2D eigenvalue weighted by molar-refractivity contribution is 0.0702. The number of carbonyl (C=O) groups excluding carboxylic acids is 1. The van der Waals surface area contributed by atoms with Crippen molar-refractivity contribution in [3.63, 3.8) is 0 Å². The van der Waals surface area contributed by atoms with Gasteiger partial charge in [0.2, 0.25) is 16.0 Å². The summed E-state index contributed by atoms with van der Waals surface area (Å²) in [7, 11) is 0.